The Morgan fingerprint density at radius 3 is 2.52 bits per heavy atom. The van der Waals surface area contributed by atoms with E-state index in [1.165, 1.54) is 35.6 Å². The van der Waals surface area contributed by atoms with Crippen molar-refractivity contribution in [3.63, 3.8) is 0 Å². The monoisotopic (exact) mass is 451 g/mol. The minimum Gasteiger partial charge on any atom is -0.316 e. The summed E-state index contributed by atoms with van der Waals surface area (Å²) in [5.74, 6) is 0.270. The highest BCUT2D eigenvalue weighted by Gasteiger charge is 2.14. The van der Waals surface area contributed by atoms with Crippen LogP contribution in [0.4, 0.5) is 5.69 Å². The van der Waals surface area contributed by atoms with Gasteiger partial charge < -0.3 is 4.57 Å². The van der Waals surface area contributed by atoms with E-state index in [1.807, 2.05) is 10.8 Å². The zero-order valence-corrected chi connectivity index (χ0v) is 18.0. The molecule has 0 radical (unpaired) electrons. The van der Waals surface area contributed by atoms with Crippen LogP contribution in [0.1, 0.15) is 10.4 Å². The van der Waals surface area contributed by atoms with Gasteiger partial charge in [-0.2, -0.15) is 16.8 Å². The number of benzene rings is 2. The van der Waals surface area contributed by atoms with Crippen molar-refractivity contribution in [2.24, 2.45) is 4.99 Å². The highest BCUT2D eigenvalue weighted by molar-refractivity contribution is 7.98. The van der Waals surface area contributed by atoms with Gasteiger partial charge in [0.25, 0.3) is 11.6 Å². The highest BCUT2D eigenvalue weighted by atomic mass is 32.2. The van der Waals surface area contributed by atoms with Crippen molar-refractivity contribution < 1.29 is 18.1 Å². The summed E-state index contributed by atoms with van der Waals surface area (Å²) in [4.78, 5) is 27.7. The van der Waals surface area contributed by atoms with Crippen molar-refractivity contribution in [3.8, 4) is 0 Å². The summed E-state index contributed by atoms with van der Waals surface area (Å²) in [5, 5.41) is 10.8. The average molecular weight is 452 g/mol. The van der Waals surface area contributed by atoms with Gasteiger partial charge in [-0.25, -0.2) is 8.42 Å². The smallest absolute Gasteiger partial charge is 0.279 e. The molecule has 0 N–H and O–H groups in total. The Balaban J connectivity index is 2.10. The third-order valence-electron chi connectivity index (χ3n) is 4.12. The molecule has 0 bridgehead atoms. The quantitative estimate of drug-likeness (QED) is 0.420. The van der Waals surface area contributed by atoms with Gasteiger partial charge >= 0.3 is 0 Å². The first-order valence-electron chi connectivity index (χ1n) is 8.36. The van der Waals surface area contributed by atoms with Crippen LogP contribution in [0.15, 0.2) is 52.4 Å². The van der Waals surface area contributed by atoms with E-state index < -0.39 is 20.7 Å². The van der Waals surface area contributed by atoms with Crippen LogP contribution in [0, 0.1) is 10.1 Å². The molecule has 0 aliphatic rings. The molecule has 0 aliphatic heterocycles. The van der Waals surface area contributed by atoms with Crippen LogP contribution in [0.3, 0.4) is 0 Å². The van der Waals surface area contributed by atoms with E-state index in [1.54, 1.807) is 30.0 Å². The maximum Gasteiger partial charge on any atom is 0.279 e. The summed E-state index contributed by atoms with van der Waals surface area (Å²) in [7, 11) is -3.35. The number of carbonyl (C=O) groups excluding carboxylic acids is 1. The number of nitrogens with zero attached hydrogens (tertiary/aromatic N) is 3. The summed E-state index contributed by atoms with van der Waals surface area (Å²) in [6.45, 7) is 0.603. The number of carbonyl (C=O) groups is 1. The Morgan fingerprint density at radius 1 is 1.24 bits per heavy atom. The number of amides is 1. The number of aromatic nitrogens is 1. The molecule has 0 saturated heterocycles. The van der Waals surface area contributed by atoms with Gasteiger partial charge in [-0.1, -0.05) is 11.3 Å². The summed E-state index contributed by atoms with van der Waals surface area (Å²) in [6, 6.07) is 10.1. The number of fused-ring (bicyclic) bond motifs is 1. The Kier molecular flexibility index (Phi) is 6.20. The van der Waals surface area contributed by atoms with Crippen LogP contribution in [0.5, 0.6) is 0 Å². The van der Waals surface area contributed by atoms with Gasteiger partial charge in [0.1, 0.15) is 0 Å². The first-order chi connectivity index (χ1) is 13.7. The number of rotatable bonds is 6. The van der Waals surface area contributed by atoms with E-state index in [2.05, 4.69) is 4.99 Å². The zero-order chi connectivity index (χ0) is 21.2. The minimum atomic E-state index is -3.35. The molecule has 0 spiro atoms. The molecule has 11 heteroatoms. The van der Waals surface area contributed by atoms with Gasteiger partial charge in [-0.3, -0.25) is 14.9 Å². The van der Waals surface area contributed by atoms with Gasteiger partial charge in [0.05, 0.1) is 20.0 Å². The summed E-state index contributed by atoms with van der Waals surface area (Å²) in [6.07, 6.45) is 3.11. The number of hydrogen-bond donors (Lipinski definition) is 0. The second-order valence-electron chi connectivity index (χ2n) is 6.15. The third kappa shape index (κ3) is 4.74. The van der Waals surface area contributed by atoms with E-state index in [0.717, 1.165) is 17.5 Å². The maximum absolute atomic E-state index is 12.6. The number of thioether (sulfide) groups is 1. The molecule has 0 unspecified atom stereocenters. The van der Waals surface area contributed by atoms with E-state index in [-0.39, 0.29) is 16.1 Å². The van der Waals surface area contributed by atoms with Gasteiger partial charge in [-0.15, -0.1) is 0 Å². The number of nitro benzene ring substituents is 1. The minimum absolute atomic E-state index is 0.105. The van der Waals surface area contributed by atoms with Crippen LogP contribution in [0.2, 0.25) is 0 Å². The lowest BCUT2D eigenvalue weighted by Gasteiger charge is -2.04. The topological polar surface area (TPSA) is 112 Å². The van der Waals surface area contributed by atoms with Crippen LogP contribution in [-0.4, -0.2) is 42.1 Å². The molecule has 2 aromatic carbocycles. The largest absolute Gasteiger partial charge is 0.316 e. The average Bonchev–Trinajstić information content (AvgIpc) is 3.01. The molecule has 0 fully saturated rings. The third-order valence-corrected chi connectivity index (χ3v) is 6.87. The maximum atomic E-state index is 12.6. The molecule has 3 aromatic rings. The normalized spacial score (nSPS) is 12.4. The standard InChI is InChI=1S/C18H17N3O5S3/c1-27-10-9-20-15-8-7-14(29(2,25)26)11-16(15)28-18(20)19-17(22)12-3-5-13(6-4-12)21(23)24/h3-8,11H,9-10H2,1-2H3. The number of aryl methyl sites for hydroxylation is 1. The summed E-state index contributed by atoms with van der Waals surface area (Å²) < 4.78 is 26.3. The number of thiazole rings is 1. The molecule has 1 heterocycles. The van der Waals surface area contributed by atoms with Gasteiger partial charge in [0.2, 0.25) is 0 Å². The first kappa shape index (κ1) is 21.2. The van der Waals surface area contributed by atoms with Crippen LogP contribution in [0.25, 0.3) is 10.2 Å². The molecule has 8 nitrogen and oxygen atoms in total. The van der Waals surface area contributed by atoms with Crippen molar-refractivity contribution in [2.75, 3.05) is 18.3 Å². The number of hydrogen-bond acceptors (Lipinski definition) is 7. The molecule has 152 valence electrons. The molecule has 3 rings (SSSR count). The van der Waals surface area contributed by atoms with E-state index >= 15 is 0 Å². The molecule has 0 atom stereocenters. The van der Waals surface area contributed by atoms with Crippen molar-refractivity contribution in [2.45, 2.75) is 11.4 Å². The molecular weight excluding hydrogens is 434 g/mol. The number of sulfone groups is 1. The van der Waals surface area contributed by atoms with Gasteiger partial charge in [0, 0.05) is 36.2 Å². The van der Waals surface area contributed by atoms with Crippen molar-refractivity contribution >= 4 is 54.7 Å². The second-order valence-corrected chi connectivity index (χ2v) is 10.2. The van der Waals surface area contributed by atoms with Crippen molar-refractivity contribution in [1.82, 2.24) is 4.57 Å². The Morgan fingerprint density at radius 2 is 1.93 bits per heavy atom. The first-order valence-corrected chi connectivity index (χ1v) is 12.5. The SMILES string of the molecule is CSCCn1c(=NC(=O)c2ccc([N+](=O)[O-])cc2)sc2cc(S(C)(=O)=O)ccc21. The fraction of sp³-hybridized carbons (Fsp3) is 0.222. The lowest BCUT2D eigenvalue weighted by atomic mass is 10.2. The predicted molar refractivity (Wildman–Crippen MR) is 114 cm³/mol. The van der Waals surface area contributed by atoms with Crippen LogP contribution >= 0.6 is 23.1 Å². The van der Waals surface area contributed by atoms with Gasteiger partial charge in [-0.05, 0) is 36.6 Å². The Bertz CT molecular complexity index is 1260. The van der Waals surface area contributed by atoms with E-state index in [4.69, 9.17) is 0 Å². The van der Waals surface area contributed by atoms with Crippen molar-refractivity contribution in [3.05, 3.63) is 62.9 Å². The zero-order valence-electron chi connectivity index (χ0n) is 15.6. The van der Waals surface area contributed by atoms with E-state index in [0.29, 0.717) is 16.0 Å². The lowest BCUT2D eigenvalue weighted by Crippen LogP contribution is -2.18. The summed E-state index contributed by atoms with van der Waals surface area (Å²) in [5.41, 5.74) is 0.930. The molecule has 1 aromatic heterocycles. The molecule has 0 saturated carbocycles. The molecule has 1 amide bonds. The lowest BCUT2D eigenvalue weighted by molar-refractivity contribution is -0.384. The molecule has 0 aliphatic carbocycles. The predicted octanol–water partition coefficient (Wildman–Crippen LogP) is 3.12. The Labute approximate surface area is 175 Å². The number of nitro groups is 1. The number of non-ortho nitro benzene ring substituents is 1. The molecule has 29 heavy (non-hydrogen) atoms. The van der Waals surface area contributed by atoms with Crippen molar-refractivity contribution in [1.29, 1.82) is 0 Å². The highest BCUT2D eigenvalue weighted by Crippen LogP contribution is 2.22. The summed E-state index contributed by atoms with van der Waals surface area (Å²) >= 11 is 2.87. The second kappa shape index (κ2) is 8.47. The van der Waals surface area contributed by atoms with E-state index in [9.17, 15) is 23.3 Å². The Hall–Kier alpha value is -2.50. The van der Waals surface area contributed by atoms with Gasteiger partial charge in [0.15, 0.2) is 14.6 Å². The fourth-order valence-corrected chi connectivity index (χ4v) is 4.83. The fourth-order valence-electron chi connectivity index (χ4n) is 2.65. The van der Waals surface area contributed by atoms with Crippen LogP contribution < -0.4 is 4.80 Å². The van der Waals surface area contributed by atoms with Crippen LogP contribution in [-0.2, 0) is 16.4 Å². The molecular formula is C18H17N3O5S3.